The first-order chi connectivity index (χ1) is 16.0. The lowest BCUT2D eigenvalue weighted by Gasteiger charge is -2.43. The van der Waals surface area contributed by atoms with Gasteiger partial charge in [-0.15, -0.1) is 0 Å². The van der Waals surface area contributed by atoms with Crippen LogP contribution in [0.4, 0.5) is 23.2 Å². The van der Waals surface area contributed by atoms with E-state index < -0.39 is 21.6 Å². The molecule has 0 spiro atoms. The predicted octanol–water partition coefficient (Wildman–Crippen LogP) is 5.31. The van der Waals surface area contributed by atoms with Crippen molar-refractivity contribution in [1.82, 2.24) is 4.90 Å². The van der Waals surface area contributed by atoms with Crippen LogP contribution in [0, 0.1) is 5.82 Å². The Morgan fingerprint density at radius 1 is 0.941 bits per heavy atom. The van der Waals surface area contributed by atoms with Crippen LogP contribution in [0.5, 0.6) is 0 Å². The van der Waals surface area contributed by atoms with Crippen LogP contribution in [-0.2, 0) is 22.6 Å². The van der Waals surface area contributed by atoms with Crippen molar-refractivity contribution in [3.05, 3.63) is 95.3 Å². The van der Waals surface area contributed by atoms with Crippen LogP contribution in [0.3, 0.4) is 0 Å². The molecule has 0 saturated carbocycles. The molecule has 0 N–H and O–H groups in total. The Balaban J connectivity index is 1.60. The van der Waals surface area contributed by atoms with Gasteiger partial charge in [-0.1, -0.05) is 30.3 Å². The molecule has 180 valence electrons. The number of alkyl halides is 3. The minimum atomic E-state index is -4.39. The first-order valence-electron chi connectivity index (χ1n) is 10.7. The molecular formula is C25H24F4N2O2S. The highest BCUT2D eigenvalue weighted by atomic mass is 32.2. The van der Waals surface area contributed by atoms with Gasteiger partial charge in [0.05, 0.1) is 16.5 Å². The molecule has 0 bridgehead atoms. The van der Waals surface area contributed by atoms with Crippen LogP contribution in [0.2, 0.25) is 0 Å². The Morgan fingerprint density at radius 3 is 2.24 bits per heavy atom. The fourth-order valence-electron chi connectivity index (χ4n) is 4.19. The van der Waals surface area contributed by atoms with Crippen LogP contribution < -0.4 is 4.90 Å². The zero-order valence-electron chi connectivity index (χ0n) is 18.5. The third-order valence-corrected chi connectivity index (χ3v) is 7.13. The number of hydrogen-bond donors (Lipinski definition) is 0. The zero-order valence-corrected chi connectivity index (χ0v) is 19.3. The molecule has 0 aromatic heterocycles. The van der Waals surface area contributed by atoms with Gasteiger partial charge in [-0.2, -0.15) is 13.2 Å². The second-order valence-corrected chi connectivity index (χ2v) is 10.5. The van der Waals surface area contributed by atoms with Gasteiger partial charge in [-0.25, -0.2) is 12.8 Å². The number of rotatable bonds is 5. The van der Waals surface area contributed by atoms with Crippen molar-refractivity contribution < 1.29 is 26.0 Å². The number of benzene rings is 3. The zero-order chi connectivity index (χ0) is 24.5. The summed E-state index contributed by atoms with van der Waals surface area (Å²) in [6.45, 7) is 2.13. The van der Waals surface area contributed by atoms with Gasteiger partial charge < -0.3 is 4.90 Å². The van der Waals surface area contributed by atoms with Gasteiger partial charge in [0.25, 0.3) is 0 Å². The molecule has 1 aliphatic heterocycles. The van der Waals surface area contributed by atoms with Gasteiger partial charge in [0.15, 0.2) is 9.84 Å². The number of sulfone groups is 1. The highest BCUT2D eigenvalue weighted by molar-refractivity contribution is 7.90. The molecule has 1 atom stereocenters. The van der Waals surface area contributed by atoms with E-state index >= 15 is 0 Å². The van der Waals surface area contributed by atoms with Crippen LogP contribution in [-0.4, -0.2) is 39.2 Å². The maximum absolute atomic E-state index is 13.6. The van der Waals surface area contributed by atoms with Gasteiger partial charge in [0, 0.05) is 38.1 Å². The fourth-order valence-corrected chi connectivity index (χ4v) is 4.85. The van der Waals surface area contributed by atoms with Crippen molar-refractivity contribution in [2.24, 2.45) is 0 Å². The van der Waals surface area contributed by atoms with E-state index in [1.807, 2.05) is 6.07 Å². The number of anilines is 1. The van der Waals surface area contributed by atoms with E-state index in [1.54, 1.807) is 30.3 Å². The lowest BCUT2D eigenvalue weighted by atomic mass is 10.0. The topological polar surface area (TPSA) is 40.6 Å². The third kappa shape index (κ3) is 5.59. The molecule has 3 aromatic carbocycles. The Bertz CT molecular complexity index is 1240. The quantitative estimate of drug-likeness (QED) is 0.453. The van der Waals surface area contributed by atoms with Gasteiger partial charge >= 0.3 is 6.18 Å². The predicted molar refractivity (Wildman–Crippen MR) is 123 cm³/mol. The highest BCUT2D eigenvalue weighted by Gasteiger charge is 2.31. The Hall–Kier alpha value is -2.91. The summed E-state index contributed by atoms with van der Waals surface area (Å²) in [7, 11) is -3.36. The smallest absolute Gasteiger partial charge is 0.368 e. The van der Waals surface area contributed by atoms with E-state index in [0.29, 0.717) is 26.2 Å². The summed E-state index contributed by atoms with van der Waals surface area (Å²) in [5.74, 6) is -0.355. The number of hydrogen-bond acceptors (Lipinski definition) is 4. The third-order valence-electron chi connectivity index (χ3n) is 6.02. The summed E-state index contributed by atoms with van der Waals surface area (Å²) < 4.78 is 76.3. The minimum absolute atomic E-state index is 0.168. The Labute approximate surface area is 196 Å². The average molecular weight is 493 g/mol. The molecule has 4 rings (SSSR count). The molecule has 3 aromatic rings. The molecular weight excluding hydrogens is 468 g/mol. The van der Waals surface area contributed by atoms with Crippen LogP contribution >= 0.6 is 0 Å². The van der Waals surface area contributed by atoms with E-state index in [9.17, 15) is 26.0 Å². The summed E-state index contributed by atoms with van der Waals surface area (Å²) in [6, 6.07) is 17.9. The summed E-state index contributed by atoms with van der Waals surface area (Å²) >= 11 is 0. The minimum Gasteiger partial charge on any atom is -0.368 e. The molecule has 0 aliphatic carbocycles. The molecule has 1 aliphatic rings. The van der Waals surface area contributed by atoms with Crippen molar-refractivity contribution in [2.75, 3.05) is 30.8 Å². The van der Waals surface area contributed by atoms with Crippen molar-refractivity contribution in [3.63, 3.8) is 0 Å². The molecule has 0 unspecified atom stereocenters. The molecule has 34 heavy (non-hydrogen) atoms. The van der Waals surface area contributed by atoms with Crippen LogP contribution in [0.25, 0.3) is 0 Å². The number of piperazine rings is 1. The number of nitrogens with zero attached hydrogens (tertiary/aromatic N) is 2. The standard InChI is InChI=1S/C25H24F4N2O2S/c1-34(32,33)23-4-2-3-22(15-23)30-13-14-31(24(17-30)19-7-11-21(26)12-8-19)16-18-5-9-20(10-6-18)25(27,28)29/h2-12,15,24H,13-14,16-17H2,1H3/t24-/m1/s1. The normalized spacial score (nSPS) is 17.7. The van der Waals surface area contributed by atoms with E-state index in [-0.39, 0.29) is 16.8 Å². The van der Waals surface area contributed by atoms with Crippen LogP contribution in [0.1, 0.15) is 22.7 Å². The molecule has 0 amide bonds. The summed E-state index contributed by atoms with van der Waals surface area (Å²) in [4.78, 5) is 4.45. The van der Waals surface area contributed by atoms with Crippen molar-refractivity contribution in [1.29, 1.82) is 0 Å². The number of halogens is 4. The lowest BCUT2D eigenvalue weighted by Crippen LogP contribution is -2.48. The molecule has 1 fully saturated rings. The largest absolute Gasteiger partial charge is 0.416 e. The van der Waals surface area contributed by atoms with Gasteiger partial charge in [0.1, 0.15) is 5.82 Å². The van der Waals surface area contributed by atoms with Gasteiger partial charge in [-0.05, 0) is 53.6 Å². The van der Waals surface area contributed by atoms with Gasteiger partial charge in [-0.3, -0.25) is 4.90 Å². The summed E-state index contributed by atoms with van der Waals surface area (Å²) in [5, 5.41) is 0. The van der Waals surface area contributed by atoms with E-state index in [0.717, 1.165) is 35.2 Å². The Kier molecular flexibility index (Phi) is 6.69. The molecule has 4 nitrogen and oxygen atoms in total. The summed E-state index contributed by atoms with van der Waals surface area (Å²) in [6.07, 6.45) is -3.23. The van der Waals surface area contributed by atoms with Crippen molar-refractivity contribution in [2.45, 2.75) is 23.7 Å². The first kappa shape index (κ1) is 24.2. The molecule has 0 radical (unpaired) electrons. The average Bonchev–Trinajstić information content (AvgIpc) is 2.79. The van der Waals surface area contributed by atoms with Crippen molar-refractivity contribution >= 4 is 15.5 Å². The molecule has 1 heterocycles. The summed E-state index contributed by atoms with van der Waals surface area (Å²) in [5.41, 5.74) is 1.69. The van der Waals surface area contributed by atoms with E-state index in [2.05, 4.69) is 9.80 Å². The second kappa shape index (κ2) is 9.38. The van der Waals surface area contributed by atoms with Crippen molar-refractivity contribution in [3.8, 4) is 0 Å². The second-order valence-electron chi connectivity index (χ2n) is 8.45. The maximum atomic E-state index is 13.6. The Morgan fingerprint density at radius 2 is 1.62 bits per heavy atom. The maximum Gasteiger partial charge on any atom is 0.416 e. The monoisotopic (exact) mass is 492 g/mol. The van der Waals surface area contributed by atoms with Crippen LogP contribution in [0.15, 0.2) is 77.7 Å². The SMILES string of the molecule is CS(=O)(=O)c1cccc(N2CCN(Cc3ccc(C(F)(F)F)cc3)[C@@H](c3ccc(F)cc3)C2)c1. The fraction of sp³-hybridized carbons (Fsp3) is 0.280. The van der Waals surface area contributed by atoms with E-state index in [4.69, 9.17) is 0 Å². The van der Waals surface area contributed by atoms with Gasteiger partial charge in [0.2, 0.25) is 0 Å². The first-order valence-corrected chi connectivity index (χ1v) is 12.6. The molecule has 1 saturated heterocycles. The lowest BCUT2D eigenvalue weighted by molar-refractivity contribution is -0.137. The highest BCUT2D eigenvalue weighted by Crippen LogP contribution is 2.32. The molecule has 9 heteroatoms. The van der Waals surface area contributed by atoms with E-state index in [1.165, 1.54) is 24.3 Å².